The van der Waals surface area contributed by atoms with Crippen LogP contribution in [0.1, 0.15) is 19.3 Å². The van der Waals surface area contributed by atoms with Gasteiger partial charge in [0.15, 0.2) is 0 Å². The number of thiazole rings is 1. The number of nitrogens with zero attached hydrogens (tertiary/aromatic N) is 3. The molecule has 0 radical (unpaired) electrons. The summed E-state index contributed by atoms with van der Waals surface area (Å²) in [5.74, 6) is -1.12. The van der Waals surface area contributed by atoms with Crippen LogP contribution in [0.5, 0.6) is 0 Å². The number of rotatable bonds is 2. The Bertz CT molecular complexity index is 930. The van der Waals surface area contributed by atoms with Gasteiger partial charge in [-0.2, -0.15) is 13.2 Å². The van der Waals surface area contributed by atoms with Gasteiger partial charge < -0.3 is 9.80 Å². The molecule has 1 amide bonds. The second-order valence-corrected chi connectivity index (χ2v) is 8.89. The van der Waals surface area contributed by atoms with E-state index in [4.69, 9.17) is 0 Å². The van der Waals surface area contributed by atoms with Crippen molar-refractivity contribution in [3.63, 3.8) is 0 Å². The zero-order valence-corrected chi connectivity index (χ0v) is 15.2. The van der Waals surface area contributed by atoms with E-state index in [0.717, 1.165) is 16.8 Å². The van der Waals surface area contributed by atoms with Crippen LogP contribution in [0.3, 0.4) is 0 Å². The lowest BCUT2D eigenvalue weighted by molar-refractivity contribution is -0.204. The molecule has 5 rings (SSSR count). The molecule has 2 saturated heterocycles. The number of hydrogen-bond donors (Lipinski definition) is 0. The smallest absolute Gasteiger partial charge is 0.370 e. The summed E-state index contributed by atoms with van der Waals surface area (Å²) in [6.45, 7) is 2.01. The van der Waals surface area contributed by atoms with Crippen molar-refractivity contribution in [2.45, 2.75) is 25.4 Å². The lowest BCUT2D eigenvalue weighted by Crippen LogP contribution is -2.62. The third kappa shape index (κ3) is 2.47. The Hall–Kier alpha value is -1.90. The predicted molar refractivity (Wildman–Crippen MR) is 93.1 cm³/mol. The van der Waals surface area contributed by atoms with Crippen molar-refractivity contribution in [3.05, 3.63) is 23.5 Å². The number of hydrogen-bond acceptors (Lipinski definition) is 4. The van der Waals surface area contributed by atoms with E-state index < -0.39 is 17.5 Å². The highest BCUT2D eigenvalue weighted by Gasteiger charge is 2.70. The molecule has 3 aliphatic rings. The molecule has 0 atom stereocenters. The number of likely N-dealkylation sites (tertiary alicyclic amines) is 1. The first-order chi connectivity index (χ1) is 12.7. The quantitative estimate of drug-likeness (QED) is 0.721. The molecule has 0 bridgehead atoms. The normalized spacial score (nSPS) is 23.1. The maximum Gasteiger partial charge on any atom is 0.403 e. The third-order valence-corrected chi connectivity index (χ3v) is 7.06. The zero-order chi connectivity index (χ0) is 19.0. The molecule has 3 fully saturated rings. The van der Waals surface area contributed by atoms with E-state index in [1.807, 2.05) is 0 Å². The number of amides is 1. The molecule has 1 saturated carbocycles. The van der Waals surface area contributed by atoms with Crippen LogP contribution in [0.4, 0.5) is 23.2 Å². The van der Waals surface area contributed by atoms with Crippen LogP contribution in [-0.4, -0.2) is 48.1 Å². The van der Waals surface area contributed by atoms with Gasteiger partial charge in [-0.05, 0) is 25.3 Å². The maximum atomic E-state index is 13.9. The van der Waals surface area contributed by atoms with Gasteiger partial charge in [0, 0.05) is 37.7 Å². The molecule has 2 aromatic rings. The van der Waals surface area contributed by atoms with Gasteiger partial charge in [-0.15, -0.1) is 11.3 Å². The first-order valence-electron chi connectivity index (χ1n) is 8.87. The Kier molecular flexibility index (Phi) is 3.40. The van der Waals surface area contributed by atoms with Gasteiger partial charge in [0.05, 0.1) is 21.4 Å². The fourth-order valence-electron chi connectivity index (χ4n) is 4.50. The summed E-state index contributed by atoms with van der Waals surface area (Å²) in [5.41, 5.74) is 0.741. The second kappa shape index (κ2) is 5.33. The molecular formula is C18H17F4N3OS. The van der Waals surface area contributed by atoms with Gasteiger partial charge in [-0.25, -0.2) is 9.37 Å². The Balaban J connectivity index is 1.31. The lowest BCUT2D eigenvalue weighted by Gasteiger charge is -2.49. The van der Waals surface area contributed by atoms with Crippen molar-refractivity contribution in [3.8, 4) is 0 Å². The van der Waals surface area contributed by atoms with Crippen LogP contribution in [0.15, 0.2) is 17.6 Å². The molecule has 3 heterocycles. The summed E-state index contributed by atoms with van der Waals surface area (Å²) in [5, 5.41) is 0. The maximum absolute atomic E-state index is 13.9. The molecule has 9 heteroatoms. The number of carbonyl (C=O) groups is 1. The SMILES string of the molecule is O=C(N1CC2(CCN(c3cc(F)cc4ncsc34)C2)C1)C1(C(F)(F)F)CC1. The van der Waals surface area contributed by atoms with Crippen molar-refractivity contribution in [2.24, 2.45) is 10.8 Å². The predicted octanol–water partition coefficient (Wildman–Crippen LogP) is 3.82. The standard InChI is InChI=1S/C18H17F4N3OS/c19-11-5-12-14(27-10-23-12)13(6-11)24-4-3-16(7-24)8-25(9-16)15(26)17(1-2-17)18(20,21)22/h5-6,10H,1-4,7-9H2. The van der Waals surface area contributed by atoms with E-state index in [2.05, 4.69) is 9.88 Å². The molecular weight excluding hydrogens is 382 g/mol. The molecule has 1 spiro atoms. The van der Waals surface area contributed by atoms with Crippen molar-refractivity contribution in [1.29, 1.82) is 0 Å². The summed E-state index contributed by atoms with van der Waals surface area (Å²) >= 11 is 1.45. The Morgan fingerprint density at radius 2 is 1.89 bits per heavy atom. The highest BCUT2D eigenvalue weighted by Crippen LogP contribution is 2.60. The van der Waals surface area contributed by atoms with Gasteiger partial charge in [0.25, 0.3) is 0 Å². The van der Waals surface area contributed by atoms with Crippen molar-refractivity contribution >= 4 is 33.1 Å². The molecule has 0 unspecified atom stereocenters. The fourth-order valence-corrected chi connectivity index (χ4v) is 5.32. The minimum atomic E-state index is -4.46. The molecule has 1 aromatic heterocycles. The van der Waals surface area contributed by atoms with Crippen LogP contribution in [-0.2, 0) is 4.79 Å². The summed E-state index contributed by atoms with van der Waals surface area (Å²) in [6.07, 6.45) is -3.88. The molecule has 144 valence electrons. The minimum Gasteiger partial charge on any atom is -0.370 e. The van der Waals surface area contributed by atoms with E-state index in [9.17, 15) is 22.4 Å². The van der Waals surface area contributed by atoms with Crippen LogP contribution in [0, 0.1) is 16.6 Å². The van der Waals surface area contributed by atoms with Gasteiger partial charge in [-0.3, -0.25) is 4.79 Å². The first kappa shape index (κ1) is 17.2. The van der Waals surface area contributed by atoms with Gasteiger partial charge in [-0.1, -0.05) is 0 Å². The Morgan fingerprint density at radius 3 is 2.56 bits per heavy atom. The molecule has 4 nitrogen and oxygen atoms in total. The van der Waals surface area contributed by atoms with E-state index in [1.165, 1.54) is 28.4 Å². The Morgan fingerprint density at radius 1 is 1.15 bits per heavy atom. The summed E-state index contributed by atoms with van der Waals surface area (Å²) in [4.78, 5) is 20.0. The third-order valence-electron chi connectivity index (χ3n) is 6.20. The average molecular weight is 399 g/mol. The molecule has 27 heavy (non-hydrogen) atoms. The average Bonchev–Trinajstić information content (AvgIpc) is 3.07. The number of anilines is 1. The number of alkyl halides is 3. The van der Waals surface area contributed by atoms with Crippen molar-refractivity contribution in [1.82, 2.24) is 9.88 Å². The lowest BCUT2D eigenvalue weighted by atomic mass is 9.78. The van der Waals surface area contributed by atoms with Crippen LogP contribution >= 0.6 is 11.3 Å². The molecule has 1 aliphatic carbocycles. The van der Waals surface area contributed by atoms with Crippen LogP contribution in [0.2, 0.25) is 0 Å². The number of benzene rings is 1. The zero-order valence-electron chi connectivity index (χ0n) is 14.4. The van der Waals surface area contributed by atoms with Crippen molar-refractivity contribution < 1.29 is 22.4 Å². The molecule has 1 aromatic carbocycles. The van der Waals surface area contributed by atoms with Gasteiger partial charge >= 0.3 is 6.18 Å². The van der Waals surface area contributed by atoms with Gasteiger partial charge in [0.1, 0.15) is 11.2 Å². The Labute approximate surface area is 156 Å². The van der Waals surface area contributed by atoms with E-state index in [-0.39, 0.29) is 24.1 Å². The first-order valence-corrected chi connectivity index (χ1v) is 9.75. The van der Waals surface area contributed by atoms with Gasteiger partial charge in [0.2, 0.25) is 5.91 Å². The van der Waals surface area contributed by atoms with E-state index in [1.54, 1.807) is 5.51 Å². The van der Waals surface area contributed by atoms with Crippen LogP contribution in [0.25, 0.3) is 10.2 Å². The van der Waals surface area contributed by atoms with E-state index >= 15 is 0 Å². The minimum absolute atomic E-state index is 0.0996. The number of halogens is 4. The van der Waals surface area contributed by atoms with Crippen LogP contribution < -0.4 is 4.90 Å². The van der Waals surface area contributed by atoms with Crippen molar-refractivity contribution in [2.75, 3.05) is 31.1 Å². The molecule has 0 N–H and O–H groups in total. The monoisotopic (exact) mass is 399 g/mol. The highest BCUT2D eigenvalue weighted by atomic mass is 32.1. The second-order valence-electron chi connectivity index (χ2n) is 8.04. The summed E-state index contributed by atoms with van der Waals surface area (Å²) in [6, 6.07) is 2.89. The summed E-state index contributed by atoms with van der Waals surface area (Å²) < 4.78 is 54.4. The number of carbonyl (C=O) groups excluding carboxylic acids is 1. The topological polar surface area (TPSA) is 36.4 Å². The molecule has 2 aliphatic heterocycles. The number of aromatic nitrogens is 1. The largest absolute Gasteiger partial charge is 0.403 e. The number of fused-ring (bicyclic) bond motifs is 1. The summed E-state index contributed by atoms with van der Waals surface area (Å²) in [7, 11) is 0. The van der Waals surface area contributed by atoms with E-state index in [0.29, 0.717) is 31.7 Å². The fraction of sp³-hybridized carbons (Fsp3) is 0.556. The highest BCUT2D eigenvalue weighted by molar-refractivity contribution is 7.17.